The van der Waals surface area contributed by atoms with Gasteiger partial charge in [-0.05, 0) is 49.7 Å². The molecule has 5 nitrogen and oxygen atoms in total. The lowest BCUT2D eigenvalue weighted by atomic mass is 10.2. The molecule has 0 saturated carbocycles. The maximum atomic E-state index is 5.78. The molecular formula is C17H19N3O2. The average molecular weight is 297 g/mol. The minimum Gasteiger partial charge on any atom is -0.490 e. The smallest absolute Gasteiger partial charge is 0.122 e. The van der Waals surface area contributed by atoms with E-state index in [1.807, 2.05) is 50.2 Å². The number of fused-ring (bicyclic) bond motifs is 1. The molecule has 3 aromatic rings. The number of aromatic nitrogens is 2. The second-order valence-corrected chi connectivity index (χ2v) is 5.22. The zero-order chi connectivity index (χ0) is 15.5. The zero-order valence-corrected chi connectivity index (χ0v) is 12.7. The van der Waals surface area contributed by atoms with Gasteiger partial charge in [0.2, 0.25) is 0 Å². The van der Waals surface area contributed by atoms with Gasteiger partial charge in [0.1, 0.15) is 30.5 Å². The number of hydrogen-bond acceptors (Lipinski definition) is 4. The zero-order valence-electron chi connectivity index (χ0n) is 12.7. The van der Waals surface area contributed by atoms with Gasteiger partial charge in [-0.2, -0.15) is 0 Å². The first-order chi connectivity index (χ1) is 10.6. The number of H-pyrrole nitrogens is 1. The van der Waals surface area contributed by atoms with Crippen LogP contribution in [0.4, 0.5) is 5.69 Å². The van der Waals surface area contributed by atoms with E-state index in [0.29, 0.717) is 13.2 Å². The van der Waals surface area contributed by atoms with E-state index in [1.165, 1.54) is 0 Å². The fourth-order valence-electron chi connectivity index (χ4n) is 2.26. The van der Waals surface area contributed by atoms with Crippen LogP contribution in [0.5, 0.6) is 11.5 Å². The van der Waals surface area contributed by atoms with Gasteiger partial charge in [-0.25, -0.2) is 4.98 Å². The number of hydrogen-bond donors (Lipinski definition) is 2. The van der Waals surface area contributed by atoms with Crippen LogP contribution in [0.1, 0.15) is 11.4 Å². The summed E-state index contributed by atoms with van der Waals surface area (Å²) in [5, 5.41) is 0. The van der Waals surface area contributed by atoms with Crippen molar-refractivity contribution in [3.63, 3.8) is 0 Å². The highest BCUT2D eigenvalue weighted by Gasteiger charge is 2.02. The van der Waals surface area contributed by atoms with Crippen molar-refractivity contribution in [2.75, 3.05) is 18.9 Å². The summed E-state index contributed by atoms with van der Waals surface area (Å²) in [6, 6.07) is 11.4. The summed E-state index contributed by atoms with van der Waals surface area (Å²) in [6.45, 7) is 4.84. The Kier molecular flexibility index (Phi) is 3.87. The summed E-state index contributed by atoms with van der Waals surface area (Å²) < 4.78 is 11.4. The highest BCUT2D eigenvalue weighted by Crippen LogP contribution is 2.20. The molecule has 0 saturated heterocycles. The fourth-order valence-corrected chi connectivity index (χ4v) is 2.26. The minimum absolute atomic E-state index is 0.474. The van der Waals surface area contributed by atoms with Crippen molar-refractivity contribution in [1.29, 1.82) is 0 Å². The van der Waals surface area contributed by atoms with E-state index in [2.05, 4.69) is 9.97 Å². The molecule has 5 heteroatoms. The van der Waals surface area contributed by atoms with Gasteiger partial charge in [0, 0.05) is 11.8 Å². The second-order valence-electron chi connectivity index (χ2n) is 5.22. The van der Waals surface area contributed by atoms with Crippen LogP contribution in [-0.4, -0.2) is 23.2 Å². The number of nitrogen functional groups attached to an aromatic ring is 1. The number of nitrogens with zero attached hydrogens (tertiary/aromatic N) is 1. The Bertz CT molecular complexity index is 796. The van der Waals surface area contributed by atoms with Gasteiger partial charge in [0.15, 0.2) is 0 Å². The van der Waals surface area contributed by atoms with Crippen LogP contribution in [0, 0.1) is 13.8 Å². The van der Waals surface area contributed by atoms with Gasteiger partial charge in [-0.1, -0.05) is 0 Å². The van der Waals surface area contributed by atoms with E-state index >= 15 is 0 Å². The molecule has 0 aliphatic carbocycles. The lowest BCUT2D eigenvalue weighted by molar-refractivity contribution is 0.217. The Balaban J connectivity index is 1.54. The van der Waals surface area contributed by atoms with Crippen molar-refractivity contribution in [2.45, 2.75) is 13.8 Å². The van der Waals surface area contributed by atoms with Gasteiger partial charge < -0.3 is 20.2 Å². The minimum atomic E-state index is 0.474. The van der Waals surface area contributed by atoms with Crippen LogP contribution in [-0.2, 0) is 0 Å². The second kappa shape index (κ2) is 5.97. The lowest BCUT2D eigenvalue weighted by Crippen LogP contribution is -2.09. The van der Waals surface area contributed by atoms with E-state index in [4.69, 9.17) is 15.2 Å². The van der Waals surface area contributed by atoms with Crippen molar-refractivity contribution >= 4 is 16.7 Å². The molecule has 22 heavy (non-hydrogen) atoms. The van der Waals surface area contributed by atoms with Gasteiger partial charge >= 0.3 is 0 Å². The number of aryl methyl sites for hydroxylation is 2. The molecule has 3 N–H and O–H groups in total. The Morgan fingerprint density at radius 3 is 2.41 bits per heavy atom. The monoisotopic (exact) mass is 297 g/mol. The molecule has 0 fully saturated rings. The van der Waals surface area contributed by atoms with Crippen molar-refractivity contribution < 1.29 is 9.47 Å². The number of imidazole rings is 1. The third-order valence-electron chi connectivity index (χ3n) is 3.43. The summed E-state index contributed by atoms with van der Waals surface area (Å²) in [5.74, 6) is 2.50. The SMILES string of the molecule is Cc1nc2ccc(OCCOc3ccc(N)c(C)c3)cc2[nH]1. The number of nitrogens with one attached hydrogen (secondary N) is 1. The summed E-state index contributed by atoms with van der Waals surface area (Å²) in [6.07, 6.45) is 0. The van der Waals surface area contributed by atoms with E-state index < -0.39 is 0 Å². The molecular weight excluding hydrogens is 278 g/mol. The van der Waals surface area contributed by atoms with Gasteiger partial charge in [-0.15, -0.1) is 0 Å². The van der Waals surface area contributed by atoms with Crippen LogP contribution in [0.3, 0.4) is 0 Å². The first-order valence-corrected chi connectivity index (χ1v) is 7.20. The quantitative estimate of drug-likeness (QED) is 0.560. The molecule has 0 aliphatic rings. The number of benzene rings is 2. The van der Waals surface area contributed by atoms with Crippen molar-refractivity contribution in [3.05, 3.63) is 47.8 Å². The summed E-state index contributed by atoms with van der Waals surface area (Å²) in [4.78, 5) is 7.55. The highest BCUT2D eigenvalue weighted by molar-refractivity contribution is 5.76. The van der Waals surface area contributed by atoms with E-state index in [0.717, 1.165) is 39.6 Å². The molecule has 3 rings (SSSR count). The standard InChI is InChI=1S/C17H19N3O2/c1-11-9-13(3-5-15(11)18)21-7-8-22-14-4-6-16-17(10-14)20-12(2)19-16/h3-6,9-10H,7-8,18H2,1-2H3,(H,19,20). The maximum absolute atomic E-state index is 5.78. The Morgan fingerprint density at radius 2 is 1.68 bits per heavy atom. The number of ether oxygens (including phenoxy) is 2. The van der Waals surface area contributed by atoms with Gasteiger partial charge in [0.25, 0.3) is 0 Å². The summed E-state index contributed by atoms with van der Waals surface area (Å²) in [5.41, 5.74) is 9.48. The molecule has 0 unspecified atom stereocenters. The molecule has 1 heterocycles. The average Bonchev–Trinajstić information content (AvgIpc) is 2.86. The molecule has 0 atom stereocenters. The number of aromatic amines is 1. The summed E-state index contributed by atoms with van der Waals surface area (Å²) in [7, 11) is 0. The predicted molar refractivity (Wildman–Crippen MR) is 87.4 cm³/mol. The highest BCUT2D eigenvalue weighted by atomic mass is 16.5. The maximum Gasteiger partial charge on any atom is 0.122 e. The van der Waals surface area contributed by atoms with Crippen molar-refractivity contribution in [3.8, 4) is 11.5 Å². The van der Waals surface area contributed by atoms with Crippen LogP contribution in [0.25, 0.3) is 11.0 Å². The largest absolute Gasteiger partial charge is 0.490 e. The Hall–Kier alpha value is -2.69. The topological polar surface area (TPSA) is 73.2 Å². The van der Waals surface area contributed by atoms with E-state index in [9.17, 15) is 0 Å². The molecule has 0 bridgehead atoms. The third kappa shape index (κ3) is 3.14. The number of nitrogens with two attached hydrogens (primary N) is 1. The first-order valence-electron chi connectivity index (χ1n) is 7.20. The molecule has 0 amide bonds. The van der Waals surface area contributed by atoms with Crippen LogP contribution >= 0.6 is 0 Å². The molecule has 0 aliphatic heterocycles. The first kappa shape index (κ1) is 14.3. The van der Waals surface area contributed by atoms with E-state index in [1.54, 1.807) is 0 Å². The lowest BCUT2D eigenvalue weighted by Gasteiger charge is -2.09. The number of rotatable bonds is 5. The van der Waals surface area contributed by atoms with Crippen LogP contribution < -0.4 is 15.2 Å². The van der Waals surface area contributed by atoms with Gasteiger partial charge in [0.05, 0.1) is 11.0 Å². The van der Waals surface area contributed by atoms with Crippen molar-refractivity contribution in [1.82, 2.24) is 9.97 Å². The third-order valence-corrected chi connectivity index (χ3v) is 3.43. The van der Waals surface area contributed by atoms with Crippen LogP contribution in [0.15, 0.2) is 36.4 Å². The predicted octanol–water partition coefficient (Wildman–Crippen LogP) is 3.22. The normalized spacial score (nSPS) is 10.8. The Morgan fingerprint density at radius 1 is 1.00 bits per heavy atom. The summed E-state index contributed by atoms with van der Waals surface area (Å²) >= 11 is 0. The molecule has 114 valence electrons. The van der Waals surface area contributed by atoms with Crippen molar-refractivity contribution in [2.24, 2.45) is 0 Å². The fraction of sp³-hybridized carbons (Fsp3) is 0.235. The molecule has 1 aromatic heterocycles. The molecule has 2 aromatic carbocycles. The van der Waals surface area contributed by atoms with E-state index in [-0.39, 0.29) is 0 Å². The van der Waals surface area contributed by atoms with Crippen LogP contribution in [0.2, 0.25) is 0 Å². The molecule has 0 spiro atoms. The Labute approximate surface area is 129 Å². The van der Waals surface area contributed by atoms with Gasteiger partial charge in [-0.3, -0.25) is 0 Å². The number of anilines is 1. The molecule has 0 radical (unpaired) electrons.